The number of aromatic nitrogens is 4. The number of para-hydroxylation sites is 1. The van der Waals surface area contributed by atoms with Gasteiger partial charge in [-0.05, 0) is 81.6 Å². The van der Waals surface area contributed by atoms with Crippen molar-refractivity contribution in [1.29, 1.82) is 0 Å². The Bertz CT molecular complexity index is 2060. The number of fused-ring (bicyclic) bond motifs is 1. The molecule has 54 heavy (non-hydrogen) atoms. The molecule has 4 heterocycles. The Morgan fingerprint density at radius 2 is 1.96 bits per heavy atom. The number of ether oxygens (including phenoxy) is 2. The maximum absolute atomic E-state index is 14.7. The Labute approximate surface area is 321 Å². The summed E-state index contributed by atoms with van der Waals surface area (Å²) in [4.78, 5) is 26.2. The fourth-order valence-electron chi connectivity index (χ4n) is 5.86. The van der Waals surface area contributed by atoms with Crippen LogP contribution in [-0.4, -0.2) is 107 Å². The lowest BCUT2D eigenvalue weighted by Gasteiger charge is -2.29. The topological polar surface area (TPSA) is 158 Å². The molecule has 1 aliphatic rings. The van der Waals surface area contributed by atoms with E-state index in [0.717, 1.165) is 28.9 Å². The van der Waals surface area contributed by atoms with Crippen molar-refractivity contribution in [2.24, 2.45) is 0 Å². The van der Waals surface area contributed by atoms with E-state index in [1.54, 1.807) is 19.2 Å². The summed E-state index contributed by atoms with van der Waals surface area (Å²) in [5, 5.41) is 37.4. The van der Waals surface area contributed by atoms with Gasteiger partial charge in [0.2, 0.25) is 0 Å². The highest BCUT2D eigenvalue weighted by Crippen LogP contribution is 2.34. The maximum atomic E-state index is 14.7. The van der Waals surface area contributed by atoms with Gasteiger partial charge < -0.3 is 35.2 Å². The van der Waals surface area contributed by atoms with Crippen LogP contribution < -0.4 is 20.3 Å². The number of morpholine rings is 1. The number of aromatic carboxylic acids is 1. The van der Waals surface area contributed by atoms with Crippen molar-refractivity contribution in [3.05, 3.63) is 76.0 Å². The number of nitrogens with one attached hydrogen (secondary N) is 2. The number of β-amino-alcohol motifs (C(OH)–C–C–N with tert-alkyl or cyclic N) is 1. The number of thiazole rings is 2. The molecule has 13 nitrogen and oxygen atoms in total. The monoisotopic (exact) mass is 774 g/mol. The average molecular weight is 775 g/mol. The van der Waals surface area contributed by atoms with Gasteiger partial charge in [0, 0.05) is 36.6 Å². The summed E-state index contributed by atoms with van der Waals surface area (Å²) in [7, 11) is 1.79. The summed E-state index contributed by atoms with van der Waals surface area (Å²) >= 11 is 2.78. The quantitative estimate of drug-likeness (QED) is 0.0682. The van der Waals surface area contributed by atoms with Gasteiger partial charge in [0.05, 0.1) is 42.7 Å². The molecule has 0 bridgehead atoms. The van der Waals surface area contributed by atoms with E-state index in [1.165, 1.54) is 28.7 Å². The molecule has 0 radical (unpaired) electrons. The van der Waals surface area contributed by atoms with E-state index in [1.807, 2.05) is 42.2 Å². The fraction of sp³-hybridized carbons (Fsp3) is 0.395. The van der Waals surface area contributed by atoms with Crippen molar-refractivity contribution in [1.82, 2.24) is 30.4 Å². The van der Waals surface area contributed by atoms with Crippen LogP contribution in [0.2, 0.25) is 0 Å². The number of aliphatic hydroxyl groups is 1. The third kappa shape index (κ3) is 10.5. The first kappa shape index (κ1) is 38.9. The van der Waals surface area contributed by atoms with Gasteiger partial charge in [-0.25, -0.2) is 19.2 Å². The smallest absolute Gasteiger partial charge is 0.355 e. The normalized spacial score (nSPS) is 13.7. The van der Waals surface area contributed by atoms with Gasteiger partial charge in [-0.3, -0.25) is 4.90 Å². The van der Waals surface area contributed by atoms with Crippen LogP contribution in [0, 0.1) is 24.6 Å². The fourth-order valence-corrected chi connectivity index (χ4v) is 7.85. The van der Waals surface area contributed by atoms with Crippen LogP contribution in [-0.2, 0) is 11.2 Å². The molecule has 1 saturated heterocycles. The van der Waals surface area contributed by atoms with Gasteiger partial charge >= 0.3 is 5.97 Å². The number of carboxylic acids is 1. The third-order valence-corrected chi connectivity index (χ3v) is 10.7. The second kappa shape index (κ2) is 19.0. The molecule has 16 heteroatoms. The van der Waals surface area contributed by atoms with Crippen LogP contribution >= 0.6 is 22.7 Å². The average Bonchev–Trinajstić information content (AvgIpc) is 3.78. The number of aryl methyl sites for hydroxylation is 2. The highest BCUT2D eigenvalue weighted by Gasteiger charge is 2.24. The number of carboxylic acid groups (broad SMARTS) is 1. The Hall–Kier alpha value is -4.76. The van der Waals surface area contributed by atoms with E-state index in [4.69, 9.17) is 9.47 Å². The number of benzene rings is 2. The molecule has 1 aliphatic heterocycles. The lowest BCUT2D eigenvalue weighted by Crippen LogP contribution is -2.41. The van der Waals surface area contributed by atoms with E-state index in [9.17, 15) is 19.4 Å². The van der Waals surface area contributed by atoms with Gasteiger partial charge in [-0.2, -0.15) is 0 Å². The standard InChI is InChI=1S/C38H43FN8O5S2/c1-25-22-33(44-45-35(25)43-37-41-29-10-3-4-11-31(29)53-37)47(16-6-9-27(48)24-46-17-20-51-21-18-46)38-42-34(36(49)50)32(54-38)12-7-19-52-30-14-13-26(23-28(30)39)8-5-15-40-2/h3-4,10-11,13-14,22-23,27,40,48H,6-7,9,12,15-21,24H2,1-2H3,(H,49,50)(H,41,43,45). The number of carbonyl (C=O) groups is 1. The van der Waals surface area contributed by atoms with Crippen LogP contribution in [0.4, 0.5) is 26.3 Å². The number of hydrogen-bond acceptors (Lipinski definition) is 14. The van der Waals surface area contributed by atoms with Gasteiger partial charge in [0.25, 0.3) is 0 Å². The van der Waals surface area contributed by atoms with E-state index in [0.29, 0.717) is 90.9 Å². The predicted octanol–water partition coefficient (Wildman–Crippen LogP) is 5.63. The molecule has 0 saturated carbocycles. The molecule has 1 fully saturated rings. The zero-order valence-corrected chi connectivity index (χ0v) is 31.8. The number of nitrogens with zero attached hydrogens (tertiary/aromatic N) is 6. The Balaban J connectivity index is 1.16. The van der Waals surface area contributed by atoms with E-state index in [2.05, 4.69) is 47.5 Å². The first-order chi connectivity index (χ1) is 26.3. The van der Waals surface area contributed by atoms with Crippen molar-refractivity contribution in [2.75, 3.05) is 69.8 Å². The lowest BCUT2D eigenvalue weighted by molar-refractivity contribution is 0.0130. The molecular formula is C38H43FN8O5S2. The van der Waals surface area contributed by atoms with E-state index >= 15 is 0 Å². The van der Waals surface area contributed by atoms with E-state index < -0.39 is 17.9 Å². The molecule has 6 rings (SSSR count). The summed E-state index contributed by atoms with van der Waals surface area (Å²) in [6.07, 6.45) is 1.38. The summed E-state index contributed by atoms with van der Waals surface area (Å²) in [6, 6.07) is 14.3. The summed E-state index contributed by atoms with van der Waals surface area (Å²) < 4.78 is 26.9. The van der Waals surface area contributed by atoms with Crippen LogP contribution in [0.5, 0.6) is 5.75 Å². The predicted molar refractivity (Wildman–Crippen MR) is 209 cm³/mol. The first-order valence-corrected chi connectivity index (χ1v) is 19.4. The molecular weight excluding hydrogens is 732 g/mol. The molecule has 1 unspecified atom stereocenters. The molecule has 0 spiro atoms. The minimum absolute atomic E-state index is 0.0539. The summed E-state index contributed by atoms with van der Waals surface area (Å²) in [5.74, 6) is 5.29. The summed E-state index contributed by atoms with van der Waals surface area (Å²) in [6.45, 7) is 6.45. The van der Waals surface area contributed by atoms with Crippen molar-refractivity contribution < 1.29 is 28.9 Å². The second-order valence-corrected chi connectivity index (χ2v) is 14.8. The molecule has 5 aromatic rings. The molecule has 1 atom stereocenters. The van der Waals surface area contributed by atoms with Gasteiger partial charge in [-0.1, -0.05) is 35.3 Å². The maximum Gasteiger partial charge on any atom is 0.355 e. The summed E-state index contributed by atoms with van der Waals surface area (Å²) in [5.41, 5.74) is 2.20. The first-order valence-electron chi connectivity index (χ1n) is 17.8. The number of hydrogen-bond donors (Lipinski definition) is 4. The minimum atomic E-state index is -1.15. The highest BCUT2D eigenvalue weighted by atomic mass is 32.1. The molecule has 0 aliphatic carbocycles. The lowest BCUT2D eigenvalue weighted by atomic mass is 10.1. The van der Waals surface area contributed by atoms with Gasteiger partial charge in [-0.15, -0.1) is 21.5 Å². The highest BCUT2D eigenvalue weighted by molar-refractivity contribution is 7.22. The Morgan fingerprint density at radius 3 is 2.72 bits per heavy atom. The number of halogens is 1. The van der Waals surface area contributed by atoms with Gasteiger partial charge in [0.15, 0.2) is 39.2 Å². The molecule has 3 aromatic heterocycles. The van der Waals surface area contributed by atoms with Crippen LogP contribution in [0.15, 0.2) is 48.5 Å². The van der Waals surface area contributed by atoms with Crippen molar-refractivity contribution in [3.63, 3.8) is 0 Å². The van der Waals surface area contributed by atoms with Crippen LogP contribution in [0.1, 0.15) is 45.8 Å². The zero-order valence-electron chi connectivity index (χ0n) is 30.2. The minimum Gasteiger partial charge on any atom is -0.491 e. The van der Waals surface area contributed by atoms with E-state index in [-0.39, 0.29) is 18.1 Å². The third-order valence-electron chi connectivity index (χ3n) is 8.61. The SMILES string of the molecule is CNCC#Cc1ccc(OCCCc2sc(N(CCCC(O)CN3CCOCC3)c3cc(C)c(Nc4nc5ccccc5s4)nn3)nc2C(=O)O)c(F)c1. The molecule has 2 aromatic carbocycles. The van der Waals surface area contributed by atoms with Crippen LogP contribution in [0.3, 0.4) is 0 Å². The second-order valence-electron chi connectivity index (χ2n) is 12.7. The van der Waals surface area contributed by atoms with Gasteiger partial charge in [0.1, 0.15) is 0 Å². The number of anilines is 4. The molecule has 284 valence electrons. The van der Waals surface area contributed by atoms with Crippen molar-refractivity contribution in [2.45, 2.75) is 38.7 Å². The Morgan fingerprint density at radius 1 is 1.13 bits per heavy atom. The van der Waals surface area contributed by atoms with Crippen molar-refractivity contribution >= 4 is 60.8 Å². The number of aliphatic hydroxyl groups excluding tert-OH is 1. The van der Waals surface area contributed by atoms with Crippen molar-refractivity contribution in [3.8, 4) is 17.6 Å². The van der Waals surface area contributed by atoms with Crippen LogP contribution in [0.25, 0.3) is 10.2 Å². The zero-order chi connectivity index (χ0) is 37.9. The Kier molecular flexibility index (Phi) is 13.7. The largest absolute Gasteiger partial charge is 0.491 e. The molecule has 0 amide bonds. The number of rotatable bonds is 17. The molecule has 4 N–H and O–H groups in total.